The van der Waals surface area contributed by atoms with E-state index in [1.165, 1.54) is 11.3 Å². The Hall–Kier alpha value is -3.53. The number of benzene rings is 1. The number of para-hydroxylation sites is 1. The third-order valence-electron chi connectivity index (χ3n) is 5.96. The lowest BCUT2D eigenvalue weighted by Crippen LogP contribution is -2.31. The maximum atomic E-state index is 12.6. The van der Waals surface area contributed by atoms with E-state index in [0.717, 1.165) is 27.3 Å². The summed E-state index contributed by atoms with van der Waals surface area (Å²) in [4.78, 5) is 25.9. The van der Waals surface area contributed by atoms with Gasteiger partial charge in [0.2, 0.25) is 5.91 Å². The Morgan fingerprint density at radius 3 is 2.89 bits per heavy atom. The zero-order valence-corrected chi connectivity index (χ0v) is 20.7. The summed E-state index contributed by atoms with van der Waals surface area (Å²) in [6.07, 6.45) is 3.68. The first-order valence-electron chi connectivity index (χ1n) is 11.7. The number of rotatable bonds is 9. The second-order valence-electron chi connectivity index (χ2n) is 8.37. The quantitative estimate of drug-likeness (QED) is 0.399. The first-order valence-corrected chi connectivity index (χ1v) is 12.5. The number of nitrogen functional groups attached to an aromatic ring is 1. The highest BCUT2D eigenvalue weighted by Gasteiger charge is 2.27. The maximum absolute atomic E-state index is 12.6. The SMILES string of the molecule is CCOc1ccccc1CCC(=O)Nc1sc2c(c1N)CCC(OC(=O)NCc1cnoc1C)C2. The molecule has 186 valence electrons. The number of anilines is 2. The largest absolute Gasteiger partial charge is 0.494 e. The molecule has 0 fully saturated rings. The van der Waals surface area contributed by atoms with Gasteiger partial charge in [0.05, 0.1) is 25.0 Å². The summed E-state index contributed by atoms with van der Waals surface area (Å²) >= 11 is 1.45. The van der Waals surface area contributed by atoms with Crippen molar-refractivity contribution < 1.29 is 23.6 Å². The molecule has 4 rings (SSSR count). The molecule has 2 aromatic heterocycles. The number of thiophene rings is 1. The number of fused-ring (bicyclic) bond motifs is 1. The van der Waals surface area contributed by atoms with Gasteiger partial charge in [-0.2, -0.15) is 0 Å². The number of nitrogens with one attached hydrogen (secondary N) is 2. The molecule has 2 heterocycles. The van der Waals surface area contributed by atoms with Gasteiger partial charge in [-0.3, -0.25) is 4.79 Å². The van der Waals surface area contributed by atoms with Crippen LogP contribution in [0.25, 0.3) is 0 Å². The van der Waals surface area contributed by atoms with Crippen LogP contribution < -0.4 is 21.1 Å². The third kappa shape index (κ3) is 6.13. The predicted octanol–water partition coefficient (Wildman–Crippen LogP) is 4.38. The fourth-order valence-electron chi connectivity index (χ4n) is 4.07. The Morgan fingerprint density at radius 2 is 2.11 bits per heavy atom. The molecule has 3 aromatic rings. The number of carbonyl (C=O) groups excluding carboxylic acids is 2. The minimum Gasteiger partial charge on any atom is -0.494 e. The van der Waals surface area contributed by atoms with Crippen LogP contribution in [-0.4, -0.2) is 29.9 Å². The highest BCUT2D eigenvalue weighted by molar-refractivity contribution is 7.17. The van der Waals surface area contributed by atoms with E-state index in [4.69, 9.17) is 19.7 Å². The van der Waals surface area contributed by atoms with Gasteiger partial charge < -0.3 is 30.4 Å². The molecule has 1 unspecified atom stereocenters. The average molecular weight is 499 g/mol. The second-order valence-corrected chi connectivity index (χ2v) is 9.47. The molecule has 2 amide bonds. The number of aromatic nitrogens is 1. The zero-order chi connectivity index (χ0) is 24.8. The number of hydrogen-bond acceptors (Lipinski definition) is 8. The van der Waals surface area contributed by atoms with Gasteiger partial charge in [-0.25, -0.2) is 4.79 Å². The zero-order valence-electron chi connectivity index (χ0n) is 19.9. The van der Waals surface area contributed by atoms with Gasteiger partial charge >= 0.3 is 6.09 Å². The number of amides is 2. The molecule has 1 aliphatic carbocycles. The lowest BCUT2D eigenvalue weighted by Gasteiger charge is -2.22. The summed E-state index contributed by atoms with van der Waals surface area (Å²) in [5.74, 6) is 1.37. The van der Waals surface area contributed by atoms with Crippen molar-refractivity contribution in [2.75, 3.05) is 17.7 Å². The van der Waals surface area contributed by atoms with Crippen LogP contribution in [-0.2, 0) is 35.3 Å². The molecule has 0 spiro atoms. The summed E-state index contributed by atoms with van der Waals surface area (Å²) in [6.45, 7) is 4.60. The number of carbonyl (C=O) groups is 2. The monoisotopic (exact) mass is 498 g/mol. The molecule has 0 bridgehead atoms. The summed E-state index contributed by atoms with van der Waals surface area (Å²) in [6, 6.07) is 7.75. The van der Waals surface area contributed by atoms with Crippen LogP contribution in [0.1, 0.15) is 47.1 Å². The van der Waals surface area contributed by atoms with E-state index in [1.54, 1.807) is 13.1 Å². The molecule has 0 saturated carbocycles. The Kier molecular flexibility index (Phi) is 7.91. The lowest BCUT2D eigenvalue weighted by atomic mass is 9.95. The normalized spacial score (nSPS) is 14.7. The van der Waals surface area contributed by atoms with Crippen LogP contribution in [0.15, 0.2) is 35.0 Å². The van der Waals surface area contributed by atoms with E-state index >= 15 is 0 Å². The van der Waals surface area contributed by atoms with Gasteiger partial charge in [0.15, 0.2) is 0 Å². The van der Waals surface area contributed by atoms with Crippen molar-refractivity contribution in [1.82, 2.24) is 10.5 Å². The molecular weight excluding hydrogens is 468 g/mol. The Balaban J connectivity index is 1.29. The van der Waals surface area contributed by atoms with Crippen molar-refractivity contribution in [3.63, 3.8) is 0 Å². The van der Waals surface area contributed by atoms with Gasteiger partial charge in [0.25, 0.3) is 0 Å². The smallest absolute Gasteiger partial charge is 0.407 e. The minimum atomic E-state index is -0.482. The Bertz CT molecular complexity index is 1190. The van der Waals surface area contributed by atoms with Crippen LogP contribution in [0.3, 0.4) is 0 Å². The van der Waals surface area contributed by atoms with Gasteiger partial charge in [-0.05, 0) is 50.3 Å². The molecule has 9 nitrogen and oxygen atoms in total. The number of aryl methyl sites for hydroxylation is 2. The third-order valence-corrected chi connectivity index (χ3v) is 7.14. The first kappa shape index (κ1) is 24.6. The van der Waals surface area contributed by atoms with Crippen molar-refractivity contribution in [3.8, 4) is 5.75 Å². The second kappa shape index (κ2) is 11.3. The van der Waals surface area contributed by atoms with Crippen LogP contribution in [0.4, 0.5) is 15.5 Å². The first-order chi connectivity index (χ1) is 16.9. The lowest BCUT2D eigenvalue weighted by molar-refractivity contribution is -0.116. The molecular formula is C25H30N4O5S. The molecule has 4 N–H and O–H groups in total. The van der Waals surface area contributed by atoms with Crippen molar-refractivity contribution >= 4 is 34.0 Å². The molecule has 1 aliphatic rings. The van der Waals surface area contributed by atoms with E-state index in [9.17, 15) is 9.59 Å². The summed E-state index contributed by atoms with van der Waals surface area (Å²) < 4.78 is 16.2. The fourth-order valence-corrected chi connectivity index (χ4v) is 5.32. The predicted molar refractivity (Wildman–Crippen MR) is 134 cm³/mol. The van der Waals surface area contributed by atoms with Gasteiger partial charge in [-0.15, -0.1) is 11.3 Å². The molecule has 0 radical (unpaired) electrons. The van der Waals surface area contributed by atoms with E-state index in [2.05, 4.69) is 15.8 Å². The van der Waals surface area contributed by atoms with Crippen molar-refractivity contribution in [2.24, 2.45) is 0 Å². The number of hydrogen-bond donors (Lipinski definition) is 3. The highest BCUT2D eigenvalue weighted by Crippen LogP contribution is 2.40. The number of alkyl carbamates (subject to hydrolysis) is 1. The summed E-state index contributed by atoms with van der Waals surface area (Å²) in [7, 11) is 0. The van der Waals surface area contributed by atoms with E-state index in [0.29, 0.717) is 61.7 Å². The number of nitrogens with zero attached hydrogens (tertiary/aromatic N) is 1. The Labute approximate surface area is 208 Å². The van der Waals surface area contributed by atoms with Crippen LogP contribution >= 0.6 is 11.3 Å². The van der Waals surface area contributed by atoms with Crippen LogP contribution in [0, 0.1) is 6.92 Å². The van der Waals surface area contributed by atoms with Crippen molar-refractivity contribution in [3.05, 3.63) is 57.8 Å². The van der Waals surface area contributed by atoms with Crippen LogP contribution in [0.2, 0.25) is 0 Å². The standard InChI is InChI=1S/C25H30N4O5S/c1-3-32-20-7-5-4-6-16(20)8-11-22(30)29-24-23(26)19-10-9-18(12-21(19)35-24)33-25(31)27-13-17-14-28-34-15(17)2/h4-7,14,18H,3,8-13,26H2,1-2H3,(H,27,31)(H,29,30). The number of nitrogens with two attached hydrogens (primary N) is 1. The molecule has 1 atom stereocenters. The van der Waals surface area contributed by atoms with E-state index < -0.39 is 6.09 Å². The maximum Gasteiger partial charge on any atom is 0.407 e. The van der Waals surface area contributed by atoms with Crippen molar-refractivity contribution in [2.45, 2.75) is 58.6 Å². The van der Waals surface area contributed by atoms with E-state index in [1.807, 2.05) is 31.2 Å². The topological polar surface area (TPSA) is 129 Å². The average Bonchev–Trinajstić information content (AvgIpc) is 3.39. The van der Waals surface area contributed by atoms with Gasteiger partial charge in [0.1, 0.15) is 22.6 Å². The molecule has 10 heteroatoms. The molecule has 35 heavy (non-hydrogen) atoms. The number of ether oxygens (including phenoxy) is 2. The van der Waals surface area contributed by atoms with Crippen LogP contribution in [0.5, 0.6) is 5.75 Å². The van der Waals surface area contributed by atoms with Gasteiger partial charge in [0, 0.05) is 23.3 Å². The Morgan fingerprint density at radius 1 is 1.29 bits per heavy atom. The minimum absolute atomic E-state index is 0.0993. The van der Waals surface area contributed by atoms with Crippen molar-refractivity contribution in [1.29, 1.82) is 0 Å². The highest BCUT2D eigenvalue weighted by atomic mass is 32.1. The van der Waals surface area contributed by atoms with E-state index in [-0.39, 0.29) is 12.0 Å². The molecule has 0 saturated heterocycles. The fraction of sp³-hybridized carbons (Fsp3) is 0.400. The summed E-state index contributed by atoms with van der Waals surface area (Å²) in [5, 5.41) is 10.1. The molecule has 0 aliphatic heterocycles. The van der Waals surface area contributed by atoms with Gasteiger partial charge in [-0.1, -0.05) is 23.4 Å². The summed E-state index contributed by atoms with van der Waals surface area (Å²) in [5.41, 5.74) is 9.80. The molecule has 1 aromatic carbocycles.